The van der Waals surface area contributed by atoms with Gasteiger partial charge >= 0.3 is 5.97 Å². The number of nitrogens with two attached hydrogens (primary N) is 1. The molecule has 0 aromatic heterocycles. The zero-order chi connectivity index (χ0) is 12.0. The Kier molecular flexibility index (Phi) is 4.32. The molecule has 2 N–H and O–H groups in total. The molecule has 0 spiro atoms. The Morgan fingerprint density at radius 2 is 2.00 bits per heavy atom. The van der Waals surface area contributed by atoms with Gasteiger partial charge in [-0.2, -0.15) is 0 Å². The van der Waals surface area contributed by atoms with E-state index in [1.807, 2.05) is 0 Å². The fraction of sp³-hybridized carbons (Fsp3) is 0.273. The number of esters is 1. The molecule has 0 saturated heterocycles. The quantitative estimate of drug-likeness (QED) is 0.746. The van der Waals surface area contributed by atoms with Crippen LogP contribution in [0.4, 0.5) is 0 Å². The molecule has 5 heteroatoms. The van der Waals surface area contributed by atoms with Crippen LogP contribution in [0.2, 0.25) is 0 Å². The highest BCUT2D eigenvalue weighted by Crippen LogP contribution is 2.18. The van der Waals surface area contributed by atoms with Crippen molar-refractivity contribution in [1.29, 1.82) is 0 Å². The highest BCUT2D eigenvalue weighted by molar-refractivity contribution is 5.92. The van der Waals surface area contributed by atoms with Gasteiger partial charge in [-0.05, 0) is 19.1 Å². The minimum Gasteiger partial charge on any atom is -0.483 e. The number of para-hydroxylation sites is 1. The first-order chi connectivity index (χ1) is 7.65. The molecule has 1 aromatic carbocycles. The Morgan fingerprint density at radius 1 is 1.31 bits per heavy atom. The van der Waals surface area contributed by atoms with Crippen molar-refractivity contribution in [3.05, 3.63) is 29.8 Å². The molecule has 0 aliphatic rings. The van der Waals surface area contributed by atoms with Crippen LogP contribution in [0.5, 0.6) is 5.75 Å². The molecule has 0 saturated carbocycles. The molecule has 1 amide bonds. The van der Waals surface area contributed by atoms with E-state index in [0.29, 0.717) is 5.75 Å². The predicted octanol–water partition coefficient (Wildman–Crippen LogP) is 0.727. The van der Waals surface area contributed by atoms with E-state index in [9.17, 15) is 9.59 Å². The highest BCUT2D eigenvalue weighted by atomic mass is 16.5. The van der Waals surface area contributed by atoms with Gasteiger partial charge in [0.25, 0.3) is 5.91 Å². The van der Waals surface area contributed by atoms with Crippen molar-refractivity contribution in [2.24, 2.45) is 5.73 Å². The highest BCUT2D eigenvalue weighted by Gasteiger charge is 2.13. The number of primary amides is 1. The van der Waals surface area contributed by atoms with Crippen LogP contribution in [0.25, 0.3) is 0 Å². The lowest BCUT2D eigenvalue weighted by Crippen LogP contribution is -2.21. The molecular weight excluding hydrogens is 210 g/mol. The van der Waals surface area contributed by atoms with Crippen molar-refractivity contribution >= 4 is 11.9 Å². The number of benzene rings is 1. The summed E-state index contributed by atoms with van der Waals surface area (Å²) in [6.45, 7) is 1.73. The van der Waals surface area contributed by atoms with Gasteiger partial charge in [-0.25, -0.2) is 4.79 Å². The third-order valence-electron chi connectivity index (χ3n) is 1.75. The molecular formula is C11H13NO4. The van der Waals surface area contributed by atoms with Crippen LogP contribution in [0, 0.1) is 0 Å². The van der Waals surface area contributed by atoms with E-state index >= 15 is 0 Å². The zero-order valence-corrected chi connectivity index (χ0v) is 8.93. The summed E-state index contributed by atoms with van der Waals surface area (Å²) in [6, 6.07) is 6.52. The first kappa shape index (κ1) is 12.0. The molecule has 0 bridgehead atoms. The first-order valence-electron chi connectivity index (χ1n) is 4.82. The number of carbonyl (C=O) groups is 2. The van der Waals surface area contributed by atoms with Gasteiger partial charge in [0.1, 0.15) is 11.3 Å². The summed E-state index contributed by atoms with van der Waals surface area (Å²) >= 11 is 0. The third-order valence-corrected chi connectivity index (χ3v) is 1.75. The monoisotopic (exact) mass is 223 g/mol. The molecule has 1 aromatic rings. The lowest BCUT2D eigenvalue weighted by atomic mass is 10.2. The van der Waals surface area contributed by atoms with Crippen molar-refractivity contribution < 1.29 is 19.1 Å². The fourth-order valence-corrected chi connectivity index (χ4v) is 1.12. The smallest absolute Gasteiger partial charge is 0.341 e. The molecule has 5 nitrogen and oxygen atoms in total. The van der Waals surface area contributed by atoms with E-state index in [1.54, 1.807) is 31.2 Å². The third kappa shape index (κ3) is 3.27. The van der Waals surface area contributed by atoms with Crippen LogP contribution in [-0.2, 0) is 9.53 Å². The molecule has 0 fully saturated rings. The van der Waals surface area contributed by atoms with E-state index in [1.165, 1.54) is 0 Å². The Morgan fingerprint density at radius 3 is 2.62 bits per heavy atom. The topological polar surface area (TPSA) is 78.6 Å². The van der Waals surface area contributed by atoms with Crippen molar-refractivity contribution in [2.45, 2.75) is 6.92 Å². The summed E-state index contributed by atoms with van der Waals surface area (Å²) in [6.07, 6.45) is 0. The van der Waals surface area contributed by atoms with Crippen LogP contribution in [0.15, 0.2) is 24.3 Å². The van der Waals surface area contributed by atoms with E-state index in [4.69, 9.17) is 15.2 Å². The maximum atomic E-state index is 11.5. The SMILES string of the molecule is CCOC(=O)c1ccccc1OCC(N)=O. The van der Waals surface area contributed by atoms with Crippen LogP contribution in [-0.4, -0.2) is 25.1 Å². The molecule has 16 heavy (non-hydrogen) atoms. The van der Waals surface area contributed by atoms with Crippen molar-refractivity contribution in [1.82, 2.24) is 0 Å². The molecule has 0 aliphatic carbocycles. The lowest BCUT2D eigenvalue weighted by Gasteiger charge is -2.08. The lowest BCUT2D eigenvalue weighted by molar-refractivity contribution is -0.119. The van der Waals surface area contributed by atoms with Crippen molar-refractivity contribution in [3.63, 3.8) is 0 Å². The van der Waals surface area contributed by atoms with Crippen molar-refractivity contribution in [2.75, 3.05) is 13.2 Å². The second kappa shape index (κ2) is 5.75. The second-order valence-corrected chi connectivity index (χ2v) is 2.97. The summed E-state index contributed by atoms with van der Waals surface area (Å²) in [5.74, 6) is -0.791. The van der Waals surface area contributed by atoms with Crippen LogP contribution in [0.1, 0.15) is 17.3 Å². The van der Waals surface area contributed by atoms with Gasteiger partial charge in [-0.3, -0.25) is 4.79 Å². The average Bonchev–Trinajstić information content (AvgIpc) is 2.27. The Bertz CT molecular complexity index is 389. The summed E-state index contributed by atoms with van der Waals surface area (Å²) in [4.78, 5) is 22.1. The van der Waals surface area contributed by atoms with Gasteiger partial charge in [0.05, 0.1) is 6.61 Å². The largest absolute Gasteiger partial charge is 0.483 e. The molecule has 86 valence electrons. The van der Waals surface area contributed by atoms with Crippen LogP contribution < -0.4 is 10.5 Å². The maximum Gasteiger partial charge on any atom is 0.341 e. The normalized spacial score (nSPS) is 9.56. The van der Waals surface area contributed by atoms with E-state index < -0.39 is 11.9 Å². The standard InChI is InChI=1S/C11H13NO4/c1-2-15-11(14)8-5-3-4-6-9(8)16-7-10(12)13/h3-6H,2,7H2,1H3,(H2,12,13). The Balaban J connectivity index is 2.82. The number of ether oxygens (including phenoxy) is 2. The van der Waals surface area contributed by atoms with E-state index in [2.05, 4.69) is 0 Å². The molecule has 0 heterocycles. The van der Waals surface area contributed by atoms with Crippen LogP contribution in [0.3, 0.4) is 0 Å². The molecule has 0 radical (unpaired) electrons. The summed E-state index contributed by atoms with van der Waals surface area (Å²) in [7, 11) is 0. The molecule has 0 atom stereocenters. The molecule has 0 aliphatic heterocycles. The van der Waals surface area contributed by atoms with Gasteiger partial charge < -0.3 is 15.2 Å². The minimum atomic E-state index is -0.598. The van der Waals surface area contributed by atoms with Crippen LogP contribution >= 0.6 is 0 Å². The number of amides is 1. The number of carbonyl (C=O) groups excluding carboxylic acids is 2. The predicted molar refractivity (Wildman–Crippen MR) is 57.1 cm³/mol. The molecule has 0 unspecified atom stereocenters. The van der Waals surface area contributed by atoms with Gasteiger partial charge in [-0.15, -0.1) is 0 Å². The summed E-state index contributed by atoms with van der Waals surface area (Å²) in [5, 5.41) is 0. The van der Waals surface area contributed by atoms with Gasteiger partial charge in [0.15, 0.2) is 6.61 Å². The van der Waals surface area contributed by atoms with Gasteiger partial charge in [-0.1, -0.05) is 12.1 Å². The number of rotatable bonds is 5. The first-order valence-corrected chi connectivity index (χ1v) is 4.82. The fourth-order valence-electron chi connectivity index (χ4n) is 1.12. The van der Waals surface area contributed by atoms with Gasteiger partial charge in [0.2, 0.25) is 0 Å². The van der Waals surface area contributed by atoms with E-state index in [0.717, 1.165) is 0 Å². The molecule has 1 rings (SSSR count). The minimum absolute atomic E-state index is 0.267. The van der Waals surface area contributed by atoms with Gasteiger partial charge in [0, 0.05) is 0 Å². The average molecular weight is 223 g/mol. The number of hydrogen-bond donors (Lipinski definition) is 1. The Labute approximate surface area is 93.1 Å². The summed E-state index contributed by atoms with van der Waals surface area (Å²) in [5.41, 5.74) is 5.23. The van der Waals surface area contributed by atoms with E-state index in [-0.39, 0.29) is 18.8 Å². The zero-order valence-electron chi connectivity index (χ0n) is 8.93. The second-order valence-electron chi connectivity index (χ2n) is 2.97. The maximum absolute atomic E-state index is 11.5. The Hall–Kier alpha value is -2.04. The van der Waals surface area contributed by atoms with Crippen molar-refractivity contribution in [3.8, 4) is 5.75 Å². The number of hydrogen-bond acceptors (Lipinski definition) is 4. The summed E-state index contributed by atoms with van der Waals surface area (Å²) < 4.78 is 9.93.